The molecule has 4 rings (SSSR count). The third-order valence-corrected chi connectivity index (χ3v) is 7.50. The second-order valence-electron chi connectivity index (χ2n) is 10.0. The van der Waals surface area contributed by atoms with E-state index in [-0.39, 0.29) is 29.2 Å². The lowest BCUT2D eigenvalue weighted by molar-refractivity contribution is -0.138. The minimum absolute atomic E-state index is 0.0491. The fourth-order valence-corrected chi connectivity index (χ4v) is 5.22. The van der Waals surface area contributed by atoms with Crippen LogP contribution in [0.25, 0.3) is 0 Å². The molecular formula is C30H36ClN3O3. The van der Waals surface area contributed by atoms with Gasteiger partial charge in [0, 0.05) is 17.3 Å². The number of nitrogens with one attached hydrogen (secondary N) is 2. The number of benzene rings is 2. The SMILES string of the molecule is O=C(NC1CCCCCCCCCCC1)c1ccc(NC2=C(Cl)C(=O)N(Cc3ccccc3)C2=O)cc1. The number of anilines is 1. The quantitative estimate of drug-likeness (QED) is 0.424. The molecule has 2 N–H and O–H groups in total. The molecule has 0 unspecified atom stereocenters. The number of nitrogens with zero attached hydrogens (tertiary/aromatic N) is 1. The summed E-state index contributed by atoms with van der Waals surface area (Å²) in [4.78, 5) is 39.6. The lowest BCUT2D eigenvalue weighted by Gasteiger charge is -2.20. The Balaban J connectivity index is 1.34. The van der Waals surface area contributed by atoms with Crippen molar-refractivity contribution in [2.75, 3.05) is 5.32 Å². The van der Waals surface area contributed by atoms with Crippen LogP contribution in [0.5, 0.6) is 0 Å². The zero-order chi connectivity index (χ0) is 26.0. The van der Waals surface area contributed by atoms with Gasteiger partial charge in [-0.15, -0.1) is 0 Å². The average Bonchev–Trinajstić information content (AvgIpc) is 3.09. The summed E-state index contributed by atoms with van der Waals surface area (Å²) >= 11 is 6.23. The molecule has 1 fully saturated rings. The van der Waals surface area contributed by atoms with E-state index in [1.165, 1.54) is 44.9 Å². The number of carbonyl (C=O) groups excluding carboxylic acids is 3. The third kappa shape index (κ3) is 7.45. The Labute approximate surface area is 224 Å². The summed E-state index contributed by atoms with van der Waals surface area (Å²) in [7, 11) is 0. The second-order valence-corrected chi connectivity index (χ2v) is 10.4. The van der Waals surface area contributed by atoms with E-state index in [9.17, 15) is 14.4 Å². The maximum Gasteiger partial charge on any atom is 0.279 e. The number of imide groups is 1. The number of halogens is 1. The van der Waals surface area contributed by atoms with Gasteiger partial charge in [-0.3, -0.25) is 19.3 Å². The highest BCUT2D eigenvalue weighted by molar-refractivity contribution is 6.48. The first-order valence-electron chi connectivity index (χ1n) is 13.5. The fraction of sp³-hybridized carbons (Fsp3) is 0.433. The van der Waals surface area contributed by atoms with E-state index < -0.39 is 11.8 Å². The Hall–Kier alpha value is -3.12. The molecule has 0 spiro atoms. The molecule has 0 radical (unpaired) electrons. The summed E-state index contributed by atoms with van der Waals surface area (Å²) in [5.74, 6) is -1.07. The Morgan fingerprint density at radius 3 is 1.95 bits per heavy atom. The molecular weight excluding hydrogens is 486 g/mol. The number of amides is 3. The highest BCUT2D eigenvalue weighted by atomic mass is 35.5. The molecule has 37 heavy (non-hydrogen) atoms. The molecule has 2 aromatic rings. The van der Waals surface area contributed by atoms with Crippen molar-refractivity contribution in [2.45, 2.75) is 83.2 Å². The number of hydrogen-bond acceptors (Lipinski definition) is 4. The summed E-state index contributed by atoms with van der Waals surface area (Å²) in [6.07, 6.45) is 13.4. The summed E-state index contributed by atoms with van der Waals surface area (Å²) in [5.41, 5.74) is 2.04. The molecule has 1 heterocycles. The summed E-state index contributed by atoms with van der Waals surface area (Å²) in [6, 6.07) is 16.4. The van der Waals surface area contributed by atoms with Gasteiger partial charge < -0.3 is 10.6 Å². The monoisotopic (exact) mass is 521 g/mol. The van der Waals surface area contributed by atoms with Crippen molar-refractivity contribution in [1.82, 2.24) is 10.2 Å². The zero-order valence-electron chi connectivity index (χ0n) is 21.3. The van der Waals surface area contributed by atoms with Gasteiger partial charge in [-0.1, -0.05) is 99.7 Å². The predicted molar refractivity (Wildman–Crippen MR) is 147 cm³/mol. The van der Waals surface area contributed by atoms with Crippen molar-refractivity contribution in [2.24, 2.45) is 0 Å². The molecule has 2 aliphatic rings. The standard InChI is InChI=1S/C30H36ClN3O3/c31-26-27(30(37)34(29(26)36)21-22-13-9-8-10-14-22)32-25-19-17-23(18-20-25)28(35)33-24-15-11-6-4-2-1-3-5-7-12-16-24/h8-10,13-14,17-20,24,32H,1-7,11-12,15-16,21H2,(H,33,35). The van der Waals surface area contributed by atoms with E-state index >= 15 is 0 Å². The van der Waals surface area contributed by atoms with E-state index in [4.69, 9.17) is 11.6 Å². The van der Waals surface area contributed by atoms with Gasteiger partial charge in [-0.05, 0) is 42.7 Å². The summed E-state index contributed by atoms with van der Waals surface area (Å²) in [5, 5.41) is 6.08. The first kappa shape index (κ1) is 26.9. The normalized spacial score (nSPS) is 18.4. The van der Waals surface area contributed by atoms with E-state index in [0.29, 0.717) is 11.3 Å². The first-order chi connectivity index (χ1) is 18.0. The number of carbonyl (C=O) groups is 3. The lowest BCUT2D eigenvalue weighted by atomic mass is 9.97. The van der Waals surface area contributed by atoms with Gasteiger partial charge in [0.15, 0.2) is 0 Å². The molecule has 1 aliphatic heterocycles. The highest BCUT2D eigenvalue weighted by Crippen LogP contribution is 2.27. The number of rotatable bonds is 6. The van der Waals surface area contributed by atoms with Crippen LogP contribution in [0.2, 0.25) is 0 Å². The molecule has 1 aliphatic carbocycles. The topological polar surface area (TPSA) is 78.5 Å². The van der Waals surface area contributed by atoms with E-state index in [1.54, 1.807) is 24.3 Å². The van der Waals surface area contributed by atoms with Gasteiger partial charge in [0.05, 0.1) is 6.54 Å². The molecule has 3 amide bonds. The van der Waals surface area contributed by atoms with Crippen LogP contribution in [0.3, 0.4) is 0 Å². The van der Waals surface area contributed by atoms with E-state index in [2.05, 4.69) is 10.6 Å². The molecule has 0 aromatic heterocycles. The van der Waals surface area contributed by atoms with Gasteiger partial charge in [-0.25, -0.2) is 0 Å². The Morgan fingerprint density at radius 1 is 0.784 bits per heavy atom. The molecule has 2 aromatic carbocycles. The molecule has 0 saturated heterocycles. The van der Waals surface area contributed by atoms with Crippen LogP contribution in [0.15, 0.2) is 65.3 Å². The van der Waals surface area contributed by atoms with Crippen molar-refractivity contribution >= 4 is 35.0 Å². The molecule has 6 nitrogen and oxygen atoms in total. The van der Waals surface area contributed by atoms with Crippen LogP contribution in [0.4, 0.5) is 5.69 Å². The zero-order valence-corrected chi connectivity index (χ0v) is 22.1. The van der Waals surface area contributed by atoms with Gasteiger partial charge in [0.2, 0.25) is 0 Å². The highest BCUT2D eigenvalue weighted by Gasteiger charge is 2.37. The second kappa shape index (κ2) is 13.4. The van der Waals surface area contributed by atoms with Crippen LogP contribution in [-0.4, -0.2) is 28.7 Å². The van der Waals surface area contributed by atoms with Gasteiger partial charge in [0.1, 0.15) is 10.7 Å². The smallest absolute Gasteiger partial charge is 0.279 e. The minimum Gasteiger partial charge on any atom is -0.350 e. The third-order valence-electron chi connectivity index (χ3n) is 7.15. The van der Waals surface area contributed by atoms with Crippen LogP contribution in [0.1, 0.15) is 86.6 Å². The van der Waals surface area contributed by atoms with Gasteiger partial charge in [-0.2, -0.15) is 0 Å². The van der Waals surface area contributed by atoms with Crippen molar-refractivity contribution in [3.8, 4) is 0 Å². The average molecular weight is 522 g/mol. The van der Waals surface area contributed by atoms with Crippen molar-refractivity contribution < 1.29 is 14.4 Å². The number of hydrogen-bond donors (Lipinski definition) is 2. The molecule has 0 atom stereocenters. The lowest BCUT2D eigenvalue weighted by Crippen LogP contribution is -2.35. The van der Waals surface area contributed by atoms with Crippen molar-refractivity contribution in [3.63, 3.8) is 0 Å². The van der Waals surface area contributed by atoms with Crippen LogP contribution in [-0.2, 0) is 16.1 Å². The molecule has 7 heteroatoms. The minimum atomic E-state index is -0.522. The fourth-order valence-electron chi connectivity index (χ4n) is 4.99. The largest absolute Gasteiger partial charge is 0.350 e. The molecule has 0 bridgehead atoms. The van der Waals surface area contributed by atoms with Crippen molar-refractivity contribution in [1.29, 1.82) is 0 Å². The molecule has 1 saturated carbocycles. The van der Waals surface area contributed by atoms with Crippen LogP contribution >= 0.6 is 11.6 Å². The van der Waals surface area contributed by atoms with Gasteiger partial charge in [0.25, 0.3) is 17.7 Å². The summed E-state index contributed by atoms with van der Waals surface area (Å²) < 4.78 is 0. The molecule has 196 valence electrons. The first-order valence-corrected chi connectivity index (χ1v) is 13.9. The Bertz CT molecular complexity index is 1100. The Morgan fingerprint density at radius 2 is 1.35 bits per heavy atom. The van der Waals surface area contributed by atoms with Crippen LogP contribution < -0.4 is 10.6 Å². The Kier molecular flexibility index (Phi) is 9.78. The summed E-state index contributed by atoms with van der Waals surface area (Å²) in [6.45, 7) is 0.153. The maximum atomic E-state index is 12.9. The van der Waals surface area contributed by atoms with Crippen molar-refractivity contribution in [3.05, 3.63) is 76.5 Å². The van der Waals surface area contributed by atoms with Gasteiger partial charge >= 0.3 is 0 Å². The predicted octanol–water partition coefficient (Wildman–Crippen LogP) is 6.52. The van der Waals surface area contributed by atoms with E-state index in [1.807, 2.05) is 30.3 Å². The maximum absolute atomic E-state index is 12.9. The van der Waals surface area contributed by atoms with Crippen LogP contribution in [0, 0.1) is 0 Å². The van der Waals surface area contributed by atoms with E-state index in [0.717, 1.165) is 36.1 Å².